The Labute approximate surface area is 222 Å². The maximum Gasteiger partial charge on any atom is 0.243 e. The standard InChI is InChI=1S/C28H29Cl3N2O2/c1-3-19(2)32-28(35)26(16-20-8-5-4-6-9-20)33(18-22-12-13-24(30)25(31)15-22)27(34)17-21-10-7-11-23(29)14-21/h4-15,19,26H,3,16-18H2,1-2H3,(H,32,35)/t19-,26+/m0/s1. The van der Waals surface area contributed by atoms with Crippen LogP contribution in [0.3, 0.4) is 0 Å². The van der Waals surface area contributed by atoms with Gasteiger partial charge in [0.25, 0.3) is 0 Å². The molecule has 35 heavy (non-hydrogen) atoms. The largest absolute Gasteiger partial charge is 0.352 e. The zero-order valence-electron chi connectivity index (χ0n) is 19.8. The van der Waals surface area contributed by atoms with Gasteiger partial charge in [-0.25, -0.2) is 0 Å². The van der Waals surface area contributed by atoms with Crippen molar-refractivity contribution in [2.45, 2.75) is 51.7 Å². The van der Waals surface area contributed by atoms with Gasteiger partial charge in [-0.1, -0.05) is 90.3 Å². The van der Waals surface area contributed by atoms with E-state index in [-0.39, 0.29) is 30.8 Å². The van der Waals surface area contributed by atoms with Crippen molar-refractivity contribution in [2.75, 3.05) is 0 Å². The number of benzene rings is 3. The van der Waals surface area contributed by atoms with Gasteiger partial charge in [-0.2, -0.15) is 0 Å². The lowest BCUT2D eigenvalue weighted by Crippen LogP contribution is -2.52. The van der Waals surface area contributed by atoms with Gasteiger partial charge in [0.2, 0.25) is 11.8 Å². The molecule has 3 aromatic carbocycles. The molecule has 1 N–H and O–H groups in total. The molecule has 0 aliphatic rings. The Hall–Kier alpha value is -2.53. The molecule has 2 amide bonds. The van der Waals surface area contributed by atoms with E-state index in [1.807, 2.05) is 62.4 Å². The first-order valence-corrected chi connectivity index (χ1v) is 12.7. The molecule has 0 saturated heterocycles. The first kappa shape index (κ1) is 27.1. The van der Waals surface area contributed by atoms with Crippen LogP contribution in [0.5, 0.6) is 0 Å². The molecule has 0 radical (unpaired) electrons. The lowest BCUT2D eigenvalue weighted by Gasteiger charge is -2.32. The number of carbonyl (C=O) groups is 2. The molecule has 0 spiro atoms. The third-order valence-electron chi connectivity index (χ3n) is 5.85. The van der Waals surface area contributed by atoms with Crippen LogP contribution in [0.1, 0.15) is 37.0 Å². The first-order valence-electron chi connectivity index (χ1n) is 11.6. The fraction of sp³-hybridized carbons (Fsp3) is 0.286. The summed E-state index contributed by atoms with van der Waals surface area (Å²) in [5.41, 5.74) is 2.53. The van der Waals surface area contributed by atoms with E-state index in [1.165, 1.54) is 0 Å². The molecule has 0 unspecified atom stereocenters. The van der Waals surface area contributed by atoms with Crippen LogP contribution >= 0.6 is 34.8 Å². The van der Waals surface area contributed by atoms with Crippen LogP contribution in [0.25, 0.3) is 0 Å². The Kier molecular flexibility index (Phi) is 10.0. The second kappa shape index (κ2) is 13.0. The maximum absolute atomic E-state index is 13.7. The van der Waals surface area contributed by atoms with E-state index in [1.54, 1.807) is 29.2 Å². The summed E-state index contributed by atoms with van der Waals surface area (Å²) in [4.78, 5) is 28.9. The first-order chi connectivity index (χ1) is 16.8. The van der Waals surface area contributed by atoms with Gasteiger partial charge in [-0.05, 0) is 54.3 Å². The molecule has 3 aromatic rings. The molecule has 184 valence electrons. The van der Waals surface area contributed by atoms with Gasteiger partial charge in [0, 0.05) is 24.0 Å². The number of rotatable bonds is 10. The predicted molar refractivity (Wildman–Crippen MR) is 144 cm³/mol. The highest BCUT2D eigenvalue weighted by atomic mass is 35.5. The number of amides is 2. The Morgan fingerprint density at radius 2 is 1.57 bits per heavy atom. The molecule has 0 bridgehead atoms. The SMILES string of the molecule is CC[C@H](C)NC(=O)[C@@H](Cc1ccccc1)N(Cc1ccc(Cl)c(Cl)c1)C(=O)Cc1cccc(Cl)c1. The lowest BCUT2D eigenvalue weighted by atomic mass is 10.0. The number of nitrogens with one attached hydrogen (secondary N) is 1. The van der Waals surface area contributed by atoms with Gasteiger partial charge in [0.15, 0.2) is 0 Å². The summed E-state index contributed by atoms with van der Waals surface area (Å²) in [5.74, 6) is -0.374. The van der Waals surface area contributed by atoms with Crippen LogP contribution in [0, 0.1) is 0 Å². The zero-order chi connectivity index (χ0) is 25.4. The minimum Gasteiger partial charge on any atom is -0.352 e. The van der Waals surface area contributed by atoms with Gasteiger partial charge in [-0.3, -0.25) is 9.59 Å². The summed E-state index contributed by atoms with van der Waals surface area (Å²) in [6, 6.07) is 21.4. The van der Waals surface area contributed by atoms with Crippen molar-refractivity contribution in [2.24, 2.45) is 0 Å². The molecule has 0 saturated carbocycles. The molecule has 4 nitrogen and oxygen atoms in total. The Morgan fingerprint density at radius 1 is 0.857 bits per heavy atom. The van der Waals surface area contributed by atoms with Crippen molar-refractivity contribution in [1.82, 2.24) is 10.2 Å². The molecular weight excluding hydrogens is 503 g/mol. The van der Waals surface area contributed by atoms with E-state index in [4.69, 9.17) is 34.8 Å². The smallest absolute Gasteiger partial charge is 0.243 e. The summed E-state index contributed by atoms with van der Waals surface area (Å²) < 4.78 is 0. The number of hydrogen-bond acceptors (Lipinski definition) is 2. The maximum atomic E-state index is 13.7. The average Bonchev–Trinajstić information content (AvgIpc) is 2.84. The van der Waals surface area contributed by atoms with Gasteiger partial charge >= 0.3 is 0 Å². The normalized spacial score (nSPS) is 12.6. The highest BCUT2D eigenvalue weighted by Crippen LogP contribution is 2.25. The van der Waals surface area contributed by atoms with Crippen LogP contribution < -0.4 is 5.32 Å². The molecule has 0 heterocycles. The van der Waals surface area contributed by atoms with Gasteiger partial charge in [-0.15, -0.1) is 0 Å². The van der Waals surface area contributed by atoms with E-state index < -0.39 is 6.04 Å². The topological polar surface area (TPSA) is 49.4 Å². The minimum absolute atomic E-state index is 0.0179. The summed E-state index contributed by atoms with van der Waals surface area (Å²) in [5, 5.41) is 4.45. The molecule has 0 aliphatic carbocycles. The van der Waals surface area contributed by atoms with Crippen molar-refractivity contribution in [3.63, 3.8) is 0 Å². The third-order valence-corrected chi connectivity index (χ3v) is 6.83. The van der Waals surface area contributed by atoms with Crippen LogP contribution in [-0.2, 0) is 29.0 Å². The van der Waals surface area contributed by atoms with Crippen molar-refractivity contribution < 1.29 is 9.59 Å². The van der Waals surface area contributed by atoms with Gasteiger partial charge < -0.3 is 10.2 Å². The average molecular weight is 532 g/mol. The Balaban J connectivity index is 1.99. The van der Waals surface area contributed by atoms with Crippen LogP contribution in [0.15, 0.2) is 72.8 Å². The Morgan fingerprint density at radius 3 is 2.23 bits per heavy atom. The van der Waals surface area contributed by atoms with E-state index >= 15 is 0 Å². The van der Waals surface area contributed by atoms with E-state index in [2.05, 4.69) is 5.32 Å². The fourth-order valence-corrected chi connectivity index (χ4v) is 4.29. The number of carbonyl (C=O) groups excluding carboxylic acids is 2. The predicted octanol–water partition coefficient (Wildman–Crippen LogP) is 6.74. The third kappa shape index (κ3) is 7.99. The number of halogens is 3. The quantitative estimate of drug-likeness (QED) is 0.315. The second-order valence-corrected chi connectivity index (χ2v) is 9.85. The summed E-state index contributed by atoms with van der Waals surface area (Å²) in [6.07, 6.45) is 1.28. The summed E-state index contributed by atoms with van der Waals surface area (Å²) >= 11 is 18.5. The van der Waals surface area contributed by atoms with Gasteiger partial charge in [0.05, 0.1) is 16.5 Å². The lowest BCUT2D eigenvalue weighted by molar-refractivity contribution is -0.141. The zero-order valence-corrected chi connectivity index (χ0v) is 22.1. The van der Waals surface area contributed by atoms with Crippen LogP contribution in [0.4, 0.5) is 0 Å². The minimum atomic E-state index is -0.715. The summed E-state index contributed by atoms with van der Waals surface area (Å²) in [6.45, 7) is 4.17. The second-order valence-electron chi connectivity index (χ2n) is 8.60. The summed E-state index contributed by atoms with van der Waals surface area (Å²) in [7, 11) is 0. The monoisotopic (exact) mass is 530 g/mol. The number of nitrogens with zero attached hydrogens (tertiary/aromatic N) is 1. The van der Waals surface area contributed by atoms with Crippen LogP contribution in [0.2, 0.25) is 15.1 Å². The molecule has 0 aliphatic heterocycles. The molecular formula is C28H29Cl3N2O2. The van der Waals surface area contributed by atoms with Crippen molar-refractivity contribution in [3.8, 4) is 0 Å². The highest BCUT2D eigenvalue weighted by molar-refractivity contribution is 6.42. The van der Waals surface area contributed by atoms with E-state index in [9.17, 15) is 9.59 Å². The van der Waals surface area contributed by atoms with E-state index in [0.29, 0.717) is 21.5 Å². The molecule has 2 atom stereocenters. The number of hydrogen-bond donors (Lipinski definition) is 1. The fourth-order valence-electron chi connectivity index (χ4n) is 3.75. The van der Waals surface area contributed by atoms with Crippen molar-refractivity contribution in [3.05, 3.63) is 105 Å². The Bertz CT molecular complexity index is 1150. The molecule has 0 fully saturated rings. The highest BCUT2D eigenvalue weighted by Gasteiger charge is 2.31. The van der Waals surface area contributed by atoms with Crippen LogP contribution in [-0.4, -0.2) is 28.8 Å². The van der Waals surface area contributed by atoms with E-state index in [0.717, 1.165) is 23.1 Å². The molecule has 7 heteroatoms. The van der Waals surface area contributed by atoms with Crippen molar-refractivity contribution >= 4 is 46.6 Å². The molecule has 0 aromatic heterocycles. The van der Waals surface area contributed by atoms with Gasteiger partial charge in [0.1, 0.15) is 6.04 Å². The molecule has 3 rings (SSSR count). The van der Waals surface area contributed by atoms with Crippen molar-refractivity contribution in [1.29, 1.82) is 0 Å².